The molecule has 1 saturated heterocycles. The van der Waals surface area contributed by atoms with Crippen LogP contribution in [0.4, 0.5) is 0 Å². The SMILES string of the molecule is CC1C[C@H](C(=O)N2CCOCC2C(N)=O)[C@H](C(=O)O)C1. The molecule has 0 aromatic heterocycles. The number of hydrogen-bond donors (Lipinski definition) is 2. The summed E-state index contributed by atoms with van der Waals surface area (Å²) in [6, 6.07) is -0.790. The van der Waals surface area contributed by atoms with Gasteiger partial charge in [0.1, 0.15) is 6.04 Å². The van der Waals surface area contributed by atoms with Crippen molar-refractivity contribution in [1.29, 1.82) is 0 Å². The maximum Gasteiger partial charge on any atom is 0.307 e. The largest absolute Gasteiger partial charge is 0.481 e. The number of carboxylic acid groups (broad SMARTS) is 1. The van der Waals surface area contributed by atoms with E-state index in [0.29, 0.717) is 19.4 Å². The second-order valence-electron chi connectivity index (χ2n) is 5.65. The summed E-state index contributed by atoms with van der Waals surface area (Å²) < 4.78 is 5.17. The second kappa shape index (κ2) is 5.78. The number of primary amides is 1. The van der Waals surface area contributed by atoms with E-state index >= 15 is 0 Å². The number of carboxylic acids is 1. The molecule has 2 aliphatic rings. The molecule has 0 aromatic carbocycles. The van der Waals surface area contributed by atoms with Crippen LogP contribution in [0.2, 0.25) is 0 Å². The molecule has 4 atom stereocenters. The van der Waals surface area contributed by atoms with Crippen molar-refractivity contribution in [2.75, 3.05) is 19.8 Å². The van der Waals surface area contributed by atoms with Crippen molar-refractivity contribution in [2.24, 2.45) is 23.5 Å². The molecule has 2 unspecified atom stereocenters. The molecular weight excluding hydrogens is 264 g/mol. The lowest BCUT2D eigenvalue weighted by Crippen LogP contribution is -2.56. The predicted molar refractivity (Wildman–Crippen MR) is 68.5 cm³/mol. The minimum Gasteiger partial charge on any atom is -0.481 e. The van der Waals surface area contributed by atoms with Crippen LogP contribution in [0.5, 0.6) is 0 Å². The third kappa shape index (κ3) is 2.77. The molecule has 2 rings (SSSR count). The minimum absolute atomic E-state index is 0.0844. The molecule has 1 saturated carbocycles. The molecule has 0 spiro atoms. The van der Waals surface area contributed by atoms with E-state index in [1.807, 2.05) is 6.92 Å². The van der Waals surface area contributed by atoms with Gasteiger partial charge < -0.3 is 20.5 Å². The summed E-state index contributed by atoms with van der Waals surface area (Å²) in [5, 5.41) is 9.24. The Hall–Kier alpha value is -1.63. The van der Waals surface area contributed by atoms with Crippen molar-refractivity contribution in [3.8, 4) is 0 Å². The molecule has 7 heteroatoms. The van der Waals surface area contributed by atoms with E-state index in [1.165, 1.54) is 4.90 Å². The molecule has 1 aliphatic heterocycles. The van der Waals surface area contributed by atoms with Crippen molar-refractivity contribution < 1.29 is 24.2 Å². The van der Waals surface area contributed by atoms with Crippen LogP contribution in [0.15, 0.2) is 0 Å². The van der Waals surface area contributed by atoms with Gasteiger partial charge in [0.25, 0.3) is 0 Å². The van der Waals surface area contributed by atoms with E-state index in [-0.39, 0.29) is 25.0 Å². The lowest BCUT2D eigenvalue weighted by molar-refractivity contribution is -0.155. The van der Waals surface area contributed by atoms with Gasteiger partial charge in [0, 0.05) is 6.54 Å². The van der Waals surface area contributed by atoms with E-state index < -0.39 is 29.8 Å². The van der Waals surface area contributed by atoms with Crippen LogP contribution >= 0.6 is 0 Å². The van der Waals surface area contributed by atoms with Crippen LogP contribution in [0.1, 0.15) is 19.8 Å². The standard InChI is InChI=1S/C13H20N2O5/c1-7-4-8(9(5-7)13(18)19)12(17)15-2-3-20-6-10(15)11(14)16/h7-10H,2-6H2,1H3,(H2,14,16)(H,18,19)/t7?,8-,9+,10?/m0/s1. The van der Waals surface area contributed by atoms with Gasteiger partial charge in [-0.1, -0.05) is 6.92 Å². The molecule has 1 heterocycles. The maximum absolute atomic E-state index is 12.6. The Balaban J connectivity index is 2.16. The number of carbonyl (C=O) groups is 3. The fraction of sp³-hybridized carbons (Fsp3) is 0.769. The summed E-state index contributed by atoms with van der Waals surface area (Å²) in [7, 11) is 0. The van der Waals surface area contributed by atoms with E-state index in [9.17, 15) is 19.5 Å². The Morgan fingerprint density at radius 1 is 1.25 bits per heavy atom. The summed E-state index contributed by atoms with van der Waals surface area (Å²) >= 11 is 0. The highest BCUT2D eigenvalue weighted by Crippen LogP contribution is 2.38. The van der Waals surface area contributed by atoms with Gasteiger partial charge >= 0.3 is 5.97 Å². The van der Waals surface area contributed by atoms with Gasteiger partial charge in [0.2, 0.25) is 11.8 Å². The molecule has 0 bridgehead atoms. The average molecular weight is 284 g/mol. The molecule has 0 aromatic rings. The van der Waals surface area contributed by atoms with E-state index in [1.54, 1.807) is 0 Å². The summed E-state index contributed by atoms with van der Waals surface area (Å²) in [6.45, 7) is 2.65. The number of ether oxygens (including phenoxy) is 1. The van der Waals surface area contributed by atoms with Crippen LogP contribution in [-0.2, 0) is 19.1 Å². The third-order valence-corrected chi connectivity index (χ3v) is 4.17. The topological polar surface area (TPSA) is 110 Å². The van der Waals surface area contributed by atoms with Crippen molar-refractivity contribution in [3.05, 3.63) is 0 Å². The first kappa shape index (κ1) is 14.8. The quantitative estimate of drug-likeness (QED) is 0.722. The average Bonchev–Trinajstić information content (AvgIpc) is 2.80. The van der Waals surface area contributed by atoms with Crippen molar-refractivity contribution in [3.63, 3.8) is 0 Å². The highest BCUT2D eigenvalue weighted by Gasteiger charge is 2.45. The molecule has 7 nitrogen and oxygen atoms in total. The number of carbonyl (C=O) groups excluding carboxylic acids is 2. The van der Waals surface area contributed by atoms with Crippen molar-refractivity contribution in [1.82, 2.24) is 4.90 Å². The van der Waals surface area contributed by atoms with Gasteiger partial charge in [0.05, 0.1) is 25.0 Å². The van der Waals surface area contributed by atoms with Crippen LogP contribution in [0.25, 0.3) is 0 Å². The Morgan fingerprint density at radius 3 is 2.50 bits per heavy atom. The lowest BCUT2D eigenvalue weighted by Gasteiger charge is -2.35. The molecule has 20 heavy (non-hydrogen) atoms. The normalized spacial score (nSPS) is 34.0. The fourth-order valence-electron chi connectivity index (χ4n) is 3.15. The molecule has 3 N–H and O–H groups in total. The fourth-order valence-corrected chi connectivity index (χ4v) is 3.15. The number of rotatable bonds is 3. The zero-order chi connectivity index (χ0) is 14.9. The highest BCUT2D eigenvalue weighted by molar-refractivity contribution is 5.90. The van der Waals surface area contributed by atoms with Crippen LogP contribution in [-0.4, -0.2) is 53.6 Å². The van der Waals surface area contributed by atoms with Gasteiger partial charge in [-0.15, -0.1) is 0 Å². The minimum atomic E-state index is -0.948. The number of amides is 2. The van der Waals surface area contributed by atoms with E-state index in [0.717, 1.165) is 0 Å². The lowest BCUT2D eigenvalue weighted by atomic mass is 9.94. The molecule has 0 radical (unpaired) electrons. The molecule has 2 fully saturated rings. The maximum atomic E-state index is 12.6. The summed E-state index contributed by atoms with van der Waals surface area (Å²) in [6.07, 6.45) is 1.04. The zero-order valence-electron chi connectivity index (χ0n) is 11.4. The van der Waals surface area contributed by atoms with Crippen LogP contribution < -0.4 is 5.73 Å². The van der Waals surface area contributed by atoms with E-state index in [2.05, 4.69) is 0 Å². The Labute approximate surface area is 117 Å². The van der Waals surface area contributed by atoms with Gasteiger partial charge in [-0.05, 0) is 18.8 Å². The number of aliphatic carboxylic acids is 1. The number of morpholine rings is 1. The first-order valence-electron chi connectivity index (χ1n) is 6.82. The Kier molecular flexibility index (Phi) is 4.27. The highest BCUT2D eigenvalue weighted by atomic mass is 16.5. The Morgan fingerprint density at radius 2 is 1.90 bits per heavy atom. The molecule has 1 aliphatic carbocycles. The van der Waals surface area contributed by atoms with Crippen LogP contribution in [0, 0.1) is 17.8 Å². The number of nitrogens with two attached hydrogens (primary N) is 1. The molecular formula is C13H20N2O5. The number of nitrogens with zero attached hydrogens (tertiary/aromatic N) is 1. The van der Waals surface area contributed by atoms with Gasteiger partial charge in [-0.25, -0.2) is 0 Å². The van der Waals surface area contributed by atoms with Crippen molar-refractivity contribution >= 4 is 17.8 Å². The first-order valence-corrected chi connectivity index (χ1v) is 6.82. The van der Waals surface area contributed by atoms with Gasteiger partial charge in [-0.2, -0.15) is 0 Å². The monoisotopic (exact) mass is 284 g/mol. The molecule has 112 valence electrons. The van der Waals surface area contributed by atoms with Crippen molar-refractivity contribution in [2.45, 2.75) is 25.8 Å². The summed E-state index contributed by atoms with van der Waals surface area (Å²) in [5.41, 5.74) is 5.29. The smallest absolute Gasteiger partial charge is 0.307 e. The van der Waals surface area contributed by atoms with Gasteiger partial charge in [-0.3, -0.25) is 14.4 Å². The zero-order valence-corrected chi connectivity index (χ0v) is 11.4. The first-order chi connectivity index (χ1) is 9.41. The predicted octanol–water partition coefficient (Wildman–Crippen LogP) is -0.554. The summed E-state index contributed by atoms with van der Waals surface area (Å²) in [5.74, 6) is -2.89. The second-order valence-corrected chi connectivity index (χ2v) is 5.65. The van der Waals surface area contributed by atoms with Crippen LogP contribution in [0.3, 0.4) is 0 Å². The molecule has 2 amide bonds. The third-order valence-electron chi connectivity index (χ3n) is 4.17. The summed E-state index contributed by atoms with van der Waals surface area (Å²) in [4.78, 5) is 36.6. The van der Waals surface area contributed by atoms with Gasteiger partial charge in [0.15, 0.2) is 0 Å². The number of hydrogen-bond acceptors (Lipinski definition) is 4. The van der Waals surface area contributed by atoms with E-state index in [4.69, 9.17) is 10.5 Å². The Bertz CT molecular complexity index is 405.